The third-order valence-electron chi connectivity index (χ3n) is 4.81. The molecule has 8 heteroatoms. The Morgan fingerprint density at radius 3 is 2.86 bits per heavy atom. The average molecular weight is 399 g/mol. The SMILES string of the molecule is CCOC(=O)[C@@H]1CCCN(C(=O)c2cc(COc3cccc(C(C)=O)c3)[nH]n2)C1. The molecule has 0 saturated carbocycles. The Hall–Kier alpha value is -3.16. The van der Waals surface area contributed by atoms with E-state index < -0.39 is 0 Å². The molecule has 0 aliphatic carbocycles. The summed E-state index contributed by atoms with van der Waals surface area (Å²) in [5.74, 6) is -0.238. The van der Waals surface area contributed by atoms with E-state index in [-0.39, 0.29) is 35.9 Å². The summed E-state index contributed by atoms with van der Waals surface area (Å²) in [6.45, 7) is 4.72. The lowest BCUT2D eigenvalue weighted by molar-refractivity contribution is -0.149. The molecule has 3 rings (SSSR count). The fourth-order valence-electron chi connectivity index (χ4n) is 3.29. The van der Waals surface area contributed by atoms with Gasteiger partial charge in [-0.2, -0.15) is 5.10 Å². The molecule has 1 fully saturated rings. The summed E-state index contributed by atoms with van der Waals surface area (Å²) >= 11 is 0. The largest absolute Gasteiger partial charge is 0.487 e. The van der Waals surface area contributed by atoms with Crippen molar-refractivity contribution in [2.45, 2.75) is 33.3 Å². The summed E-state index contributed by atoms with van der Waals surface area (Å²) in [5.41, 5.74) is 1.50. The molecule has 29 heavy (non-hydrogen) atoms. The molecule has 1 N–H and O–H groups in total. The highest BCUT2D eigenvalue weighted by atomic mass is 16.5. The molecule has 1 saturated heterocycles. The number of hydrogen-bond donors (Lipinski definition) is 1. The van der Waals surface area contributed by atoms with Gasteiger partial charge in [0.1, 0.15) is 12.4 Å². The van der Waals surface area contributed by atoms with Crippen LogP contribution in [0, 0.1) is 5.92 Å². The molecule has 0 spiro atoms. The number of rotatable bonds is 7. The molecule has 0 bridgehead atoms. The number of H-pyrrole nitrogens is 1. The minimum atomic E-state index is -0.289. The van der Waals surface area contributed by atoms with Gasteiger partial charge in [-0.3, -0.25) is 19.5 Å². The molecule has 0 radical (unpaired) electrons. The van der Waals surface area contributed by atoms with E-state index in [4.69, 9.17) is 9.47 Å². The Bertz CT molecular complexity index is 892. The Morgan fingerprint density at radius 2 is 2.10 bits per heavy atom. The van der Waals surface area contributed by atoms with Gasteiger partial charge >= 0.3 is 5.97 Å². The van der Waals surface area contributed by atoms with Crippen molar-refractivity contribution in [2.75, 3.05) is 19.7 Å². The number of carbonyl (C=O) groups is 3. The monoisotopic (exact) mass is 399 g/mol. The summed E-state index contributed by atoms with van der Waals surface area (Å²) in [6, 6.07) is 8.56. The number of aromatic amines is 1. The number of benzene rings is 1. The second-order valence-corrected chi connectivity index (χ2v) is 6.99. The van der Waals surface area contributed by atoms with Crippen LogP contribution in [0.2, 0.25) is 0 Å². The van der Waals surface area contributed by atoms with Crippen molar-refractivity contribution in [3.63, 3.8) is 0 Å². The molecule has 1 aliphatic heterocycles. The van der Waals surface area contributed by atoms with E-state index in [0.29, 0.717) is 36.7 Å². The number of aromatic nitrogens is 2. The number of esters is 1. The molecule has 1 aromatic carbocycles. The predicted octanol–water partition coefficient (Wildman–Crippen LogP) is 2.61. The van der Waals surface area contributed by atoms with Crippen molar-refractivity contribution in [1.82, 2.24) is 15.1 Å². The third-order valence-corrected chi connectivity index (χ3v) is 4.81. The van der Waals surface area contributed by atoms with Gasteiger partial charge in [0, 0.05) is 18.7 Å². The molecular formula is C21H25N3O5. The molecule has 0 unspecified atom stereocenters. The first-order chi connectivity index (χ1) is 14.0. The molecule has 2 aromatic rings. The average Bonchev–Trinajstić information content (AvgIpc) is 3.21. The van der Waals surface area contributed by atoms with Crippen LogP contribution in [0.1, 0.15) is 53.2 Å². The molecule has 2 heterocycles. The van der Waals surface area contributed by atoms with E-state index in [9.17, 15) is 14.4 Å². The van der Waals surface area contributed by atoms with Crippen molar-refractivity contribution < 1.29 is 23.9 Å². The van der Waals surface area contributed by atoms with Crippen molar-refractivity contribution in [2.24, 2.45) is 5.92 Å². The van der Waals surface area contributed by atoms with E-state index in [0.717, 1.165) is 12.8 Å². The maximum atomic E-state index is 12.7. The summed E-state index contributed by atoms with van der Waals surface area (Å²) in [4.78, 5) is 37.8. The topological polar surface area (TPSA) is 102 Å². The molecule has 1 amide bonds. The second-order valence-electron chi connectivity index (χ2n) is 6.99. The van der Waals surface area contributed by atoms with Crippen LogP contribution in [0.25, 0.3) is 0 Å². The van der Waals surface area contributed by atoms with Gasteiger partial charge in [-0.05, 0) is 44.9 Å². The molecule has 1 atom stereocenters. The standard InChI is InChI=1S/C21H25N3O5/c1-3-28-21(27)16-7-5-9-24(12-16)20(26)19-11-17(22-23-19)13-29-18-8-4-6-15(10-18)14(2)25/h4,6,8,10-11,16H,3,5,7,9,12-13H2,1-2H3,(H,22,23)/t16-/m1/s1. The van der Waals surface area contributed by atoms with Crippen molar-refractivity contribution >= 4 is 17.7 Å². The number of ketones is 1. The number of likely N-dealkylation sites (tertiary alicyclic amines) is 1. The number of nitrogens with one attached hydrogen (secondary N) is 1. The Morgan fingerprint density at radius 1 is 1.28 bits per heavy atom. The van der Waals surface area contributed by atoms with Gasteiger partial charge in [-0.25, -0.2) is 0 Å². The summed E-state index contributed by atoms with van der Waals surface area (Å²) in [6.07, 6.45) is 1.48. The Labute approximate surface area is 169 Å². The Kier molecular flexibility index (Phi) is 6.64. The number of amides is 1. The number of hydrogen-bond acceptors (Lipinski definition) is 6. The van der Waals surface area contributed by atoms with Crippen LogP contribution in [0.5, 0.6) is 5.75 Å². The summed E-state index contributed by atoms with van der Waals surface area (Å²) in [7, 11) is 0. The zero-order valence-corrected chi connectivity index (χ0v) is 16.6. The highest BCUT2D eigenvalue weighted by Crippen LogP contribution is 2.20. The second kappa shape index (κ2) is 9.36. The smallest absolute Gasteiger partial charge is 0.310 e. The fourth-order valence-corrected chi connectivity index (χ4v) is 3.29. The molecular weight excluding hydrogens is 374 g/mol. The van der Waals surface area contributed by atoms with Crippen LogP contribution >= 0.6 is 0 Å². The maximum Gasteiger partial charge on any atom is 0.310 e. The number of Topliss-reactive ketones (excluding diaryl/α,β-unsaturated/α-hetero) is 1. The van der Waals surface area contributed by atoms with E-state index in [1.165, 1.54) is 6.92 Å². The first kappa shape index (κ1) is 20.6. The zero-order valence-electron chi connectivity index (χ0n) is 16.6. The molecule has 1 aliphatic rings. The van der Waals surface area contributed by atoms with E-state index in [2.05, 4.69) is 10.2 Å². The zero-order chi connectivity index (χ0) is 20.8. The van der Waals surface area contributed by atoms with Crippen molar-refractivity contribution in [1.29, 1.82) is 0 Å². The predicted molar refractivity (Wildman–Crippen MR) is 105 cm³/mol. The molecule has 8 nitrogen and oxygen atoms in total. The van der Waals surface area contributed by atoms with E-state index in [1.54, 1.807) is 42.2 Å². The fraction of sp³-hybridized carbons (Fsp3) is 0.429. The third kappa shape index (κ3) is 5.22. The van der Waals surface area contributed by atoms with Crippen LogP contribution in [-0.2, 0) is 16.1 Å². The maximum absolute atomic E-state index is 12.7. The van der Waals surface area contributed by atoms with Crippen molar-refractivity contribution in [3.05, 3.63) is 47.3 Å². The van der Waals surface area contributed by atoms with Crippen LogP contribution in [0.15, 0.2) is 30.3 Å². The lowest BCUT2D eigenvalue weighted by Gasteiger charge is -2.31. The van der Waals surface area contributed by atoms with Gasteiger partial charge in [0.2, 0.25) is 0 Å². The normalized spacial score (nSPS) is 16.3. The highest BCUT2D eigenvalue weighted by Gasteiger charge is 2.30. The first-order valence-electron chi connectivity index (χ1n) is 9.72. The van der Waals surface area contributed by atoms with Gasteiger partial charge < -0.3 is 14.4 Å². The summed E-state index contributed by atoms with van der Waals surface area (Å²) < 4.78 is 10.8. The summed E-state index contributed by atoms with van der Waals surface area (Å²) in [5, 5.41) is 6.90. The molecule has 1 aromatic heterocycles. The lowest BCUT2D eigenvalue weighted by Crippen LogP contribution is -2.43. The number of ether oxygens (including phenoxy) is 2. The molecule has 154 valence electrons. The minimum Gasteiger partial charge on any atom is -0.487 e. The highest BCUT2D eigenvalue weighted by molar-refractivity contribution is 5.94. The van der Waals surface area contributed by atoms with Gasteiger partial charge in [-0.1, -0.05) is 12.1 Å². The van der Waals surface area contributed by atoms with Gasteiger partial charge in [0.15, 0.2) is 11.5 Å². The van der Waals surface area contributed by atoms with Crippen molar-refractivity contribution in [3.8, 4) is 5.75 Å². The first-order valence-corrected chi connectivity index (χ1v) is 9.72. The van der Waals surface area contributed by atoms with Crippen LogP contribution in [0.3, 0.4) is 0 Å². The quantitative estimate of drug-likeness (QED) is 0.567. The van der Waals surface area contributed by atoms with Crippen LogP contribution in [0.4, 0.5) is 0 Å². The Balaban J connectivity index is 1.59. The lowest BCUT2D eigenvalue weighted by atomic mass is 9.98. The number of carbonyl (C=O) groups excluding carboxylic acids is 3. The van der Waals surface area contributed by atoms with Gasteiger partial charge in [0.05, 0.1) is 18.2 Å². The number of piperidine rings is 1. The minimum absolute atomic E-state index is 0.0347. The number of nitrogens with zero attached hydrogens (tertiary/aromatic N) is 2. The van der Waals surface area contributed by atoms with Gasteiger partial charge in [-0.15, -0.1) is 0 Å². The van der Waals surface area contributed by atoms with Crippen LogP contribution < -0.4 is 4.74 Å². The van der Waals surface area contributed by atoms with E-state index >= 15 is 0 Å². The van der Waals surface area contributed by atoms with Crippen LogP contribution in [-0.4, -0.2) is 52.5 Å². The van der Waals surface area contributed by atoms with E-state index in [1.807, 2.05) is 0 Å². The van der Waals surface area contributed by atoms with Gasteiger partial charge in [0.25, 0.3) is 5.91 Å².